The van der Waals surface area contributed by atoms with E-state index in [1.807, 2.05) is 36.1 Å². The SMILES string of the molecule is CCOC(=O)C1CCN(C(=O)CSc2nnc(-c3ccc(OC)cc3)n2C2CCCCC2)CC1. The van der Waals surface area contributed by atoms with E-state index in [4.69, 9.17) is 9.47 Å². The van der Waals surface area contributed by atoms with E-state index in [1.54, 1.807) is 7.11 Å². The van der Waals surface area contributed by atoms with Crippen LogP contribution in [-0.4, -0.2) is 64.1 Å². The molecule has 0 atom stereocenters. The molecule has 0 bridgehead atoms. The van der Waals surface area contributed by atoms with Gasteiger partial charge in [-0.2, -0.15) is 0 Å². The van der Waals surface area contributed by atoms with Crippen LogP contribution in [0, 0.1) is 5.92 Å². The van der Waals surface area contributed by atoms with Gasteiger partial charge in [0, 0.05) is 24.7 Å². The number of ether oxygens (including phenoxy) is 2. The van der Waals surface area contributed by atoms with Crippen LogP contribution in [0.25, 0.3) is 11.4 Å². The zero-order valence-electron chi connectivity index (χ0n) is 20.1. The molecule has 0 spiro atoms. The topological polar surface area (TPSA) is 86.6 Å². The number of aromatic nitrogens is 3. The largest absolute Gasteiger partial charge is 0.497 e. The molecule has 0 N–H and O–H groups in total. The van der Waals surface area contributed by atoms with Crippen molar-refractivity contribution in [2.24, 2.45) is 5.92 Å². The minimum Gasteiger partial charge on any atom is -0.497 e. The molecule has 0 unspecified atom stereocenters. The molecule has 1 amide bonds. The first-order valence-electron chi connectivity index (χ1n) is 12.3. The fourth-order valence-corrected chi connectivity index (χ4v) is 5.73. The molecule has 2 aliphatic rings. The number of hydrogen-bond donors (Lipinski definition) is 0. The van der Waals surface area contributed by atoms with Crippen LogP contribution in [0.4, 0.5) is 0 Å². The first-order valence-corrected chi connectivity index (χ1v) is 13.3. The molecule has 1 aliphatic heterocycles. The highest BCUT2D eigenvalue weighted by atomic mass is 32.2. The van der Waals surface area contributed by atoms with Crippen molar-refractivity contribution in [1.29, 1.82) is 0 Å². The van der Waals surface area contributed by atoms with Gasteiger partial charge in [0.1, 0.15) is 5.75 Å². The summed E-state index contributed by atoms with van der Waals surface area (Å²) in [7, 11) is 1.66. The first-order chi connectivity index (χ1) is 16.6. The standard InChI is InChI=1S/C25H34N4O4S/c1-3-33-24(31)19-13-15-28(16-14-19)22(30)17-34-25-27-26-23(18-9-11-21(32-2)12-10-18)29(25)20-7-5-4-6-8-20/h9-12,19-20H,3-8,13-17H2,1-2H3. The van der Waals surface area contributed by atoms with Gasteiger partial charge in [0.05, 0.1) is 25.4 Å². The minimum atomic E-state index is -0.143. The molecule has 34 heavy (non-hydrogen) atoms. The van der Waals surface area contributed by atoms with E-state index >= 15 is 0 Å². The van der Waals surface area contributed by atoms with Gasteiger partial charge < -0.3 is 14.4 Å². The fraction of sp³-hybridized carbons (Fsp3) is 0.600. The fourth-order valence-electron chi connectivity index (χ4n) is 4.82. The Labute approximate surface area is 205 Å². The summed E-state index contributed by atoms with van der Waals surface area (Å²) in [6.45, 7) is 3.40. The number of esters is 1. The maximum atomic E-state index is 12.9. The highest BCUT2D eigenvalue weighted by Crippen LogP contribution is 2.36. The van der Waals surface area contributed by atoms with Crippen LogP contribution in [0.15, 0.2) is 29.4 Å². The van der Waals surface area contributed by atoms with E-state index in [-0.39, 0.29) is 17.8 Å². The Morgan fingerprint density at radius 3 is 2.38 bits per heavy atom. The molecule has 1 aliphatic carbocycles. The van der Waals surface area contributed by atoms with E-state index in [2.05, 4.69) is 14.8 Å². The maximum absolute atomic E-state index is 12.9. The van der Waals surface area contributed by atoms with Crippen molar-refractivity contribution in [1.82, 2.24) is 19.7 Å². The Morgan fingerprint density at radius 1 is 1.03 bits per heavy atom. The lowest BCUT2D eigenvalue weighted by Crippen LogP contribution is -2.41. The number of rotatable bonds is 8. The maximum Gasteiger partial charge on any atom is 0.309 e. The highest BCUT2D eigenvalue weighted by Gasteiger charge is 2.29. The zero-order valence-corrected chi connectivity index (χ0v) is 20.9. The second-order valence-electron chi connectivity index (χ2n) is 8.89. The molecule has 8 nitrogen and oxygen atoms in total. The van der Waals surface area contributed by atoms with Crippen LogP contribution in [0.1, 0.15) is 57.9 Å². The quantitative estimate of drug-likeness (QED) is 0.405. The van der Waals surface area contributed by atoms with Gasteiger partial charge in [0.2, 0.25) is 5.91 Å². The predicted octanol–water partition coefficient (Wildman–Crippen LogP) is 4.35. The molecule has 1 saturated carbocycles. The van der Waals surface area contributed by atoms with Crippen LogP contribution in [0.3, 0.4) is 0 Å². The van der Waals surface area contributed by atoms with Crippen molar-refractivity contribution >= 4 is 23.6 Å². The lowest BCUT2D eigenvalue weighted by atomic mass is 9.95. The summed E-state index contributed by atoms with van der Waals surface area (Å²) in [5.41, 5.74) is 0.998. The van der Waals surface area contributed by atoms with Gasteiger partial charge in [-0.3, -0.25) is 14.2 Å². The van der Waals surface area contributed by atoms with Crippen molar-refractivity contribution in [3.8, 4) is 17.1 Å². The summed E-state index contributed by atoms with van der Waals surface area (Å²) in [4.78, 5) is 26.8. The monoisotopic (exact) mass is 486 g/mol. The summed E-state index contributed by atoms with van der Waals surface area (Å²) < 4.78 is 12.7. The highest BCUT2D eigenvalue weighted by molar-refractivity contribution is 7.99. The Balaban J connectivity index is 1.43. The predicted molar refractivity (Wildman–Crippen MR) is 131 cm³/mol. The first kappa shape index (κ1) is 24.6. The van der Waals surface area contributed by atoms with Gasteiger partial charge in [-0.1, -0.05) is 31.0 Å². The van der Waals surface area contributed by atoms with Gasteiger partial charge >= 0.3 is 5.97 Å². The molecule has 2 heterocycles. The van der Waals surface area contributed by atoms with Crippen molar-refractivity contribution in [2.45, 2.75) is 63.1 Å². The second kappa shape index (κ2) is 11.7. The number of thioether (sulfide) groups is 1. The normalized spacial score (nSPS) is 17.5. The molecule has 1 saturated heterocycles. The lowest BCUT2D eigenvalue weighted by Gasteiger charge is -2.31. The van der Waals surface area contributed by atoms with Gasteiger partial charge in [-0.05, 0) is 56.9 Å². The summed E-state index contributed by atoms with van der Waals surface area (Å²) in [6.07, 6.45) is 7.18. The van der Waals surface area contributed by atoms with Crippen molar-refractivity contribution in [3.05, 3.63) is 24.3 Å². The van der Waals surface area contributed by atoms with E-state index in [9.17, 15) is 9.59 Å². The Bertz CT molecular complexity index is 964. The van der Waals surface area contributed by atoms with Crippen molar-refractivity contribution in [2.75, 3.05) is 32.6 Å². The lowest BCUT2D eigenvalue weighted by molar-refractivity contribution is -0.151. The van der Waals surface area contributed by atoms with Crippen LogP contribution in [0.2, 0.25) is 0 Å². The van der Waals surface area contributed by atoms with E-state index in [1.165, 1.54) is 31.0 Å². The Hall–Kier alpha value is -2.55. The third kappa shape index (κ3) is 5.74. The van der Waals surface area contributed by atoms with Crippen molar-refractivity contribution in [3.63, 3.8) is 0 Å². The van der Waals surface area contributed by atoms with Gasteiger partial charge in [0.15, 0.2) is 11.0 Å². The molecule has 9 heteroatoms. The molecule has 0 radical (unpaired) electrons. The number of piperidine rings is 1. The molecule has 1 aromatic carbocycles. The second-order valence-corrected chi connectivity index (χ2v) is 9.83. The number of methoxy groups -OCH3 is 1. The zero-order chi connectivity index (χ0) is 23.9. The Kier molecular flexibility index (Phi) is 8.48. The van der Waals surface area contributed by atoms with E-state index < -0.39 is 0 Å². The van der Waals surface area contributed by atoms with E-state index in [0.29, 0.717) is 44.3 Å². The molecule has 4 rings (SSSR count). The molecule has 184 valence electrons. The van der Waals surface area contributed by atoms with Crippen LogP contribution < -0.4 is 4.74 Å². The summed E-state index contributed by atoms with van der Waals surface area (Å²) in [5.74, 6) is 1.81. The average Bonchev–Trinajstić information content (AvgIpc) is 3.32. The summed E-state index contributed by atoms with van der Waals surface area (Å²) in [6, 6.07) is 8.24. The molecular formula is C25H34N4O4S. The van der Waals surface area contributed by atoms with Gasteiger partial charge in [-0.15, -0.1) is 10.2 Å². The average molecular weight is 487 g/mol. The Morgan fingerprint density at radius 2 is 1.74 bits per heavy atom. The van der Waals surface area contributed by atoms with Crippen molar-refractivity contribution < 1.29 is 19.1 Å². The van der Waals surface area contributed by atoms with Crippen LogP contribution in [0.5, 0.6) is 5.75 Å². The van der Waals surface area contributed by atoms with Crippen LogP contribution >= 0.6 is 11.8 Å². The number of nitrogens with zero attached hydrogens (tertiary/aromatic N) is 4. The molecular weight excluding hydrogens is 452 g/mol. The van der Waals surface area contributed by atoms with Gasteiger partial charge in [0.25, 0.3) is 0 Å². The molecule has 1 aromatic heterocycles. The number of amides is 1. The van der Waals surface area contributed by atoms with Gasteiger partial charge in [-0.25, -0.2) is 0 Å². The number of hydrogen-bond acceptors (Lipinski definition) is 7. The molecule has 2 fully saturated rings. The number of likely N-dealkylation sites (tertiary alicyclic amines) is 1. The van der Waals surface area contributed by atoms with Crippen LogP contribution in [-0.2, 0) is 14.3 Å². The summed E-state index contributed by atoms with van der Waals surface area (Å²) >= 11 is 1.46. The number of benzene rings is 1. The van der Waals surface area contributed by atoms with E-state index in [0.717, 1.165) is 35.1 Å². The molecule has 2 aromatic rings. The third-order valence-corrected chi connectivity index (χ3v) is 7.67. The smallest absolute Gasteiger partial charge is 0.309 e. The number of carbonyl (C=O) groups excluding carboxylic acids is 2. The number of carbonyl (C=O) groups is 2. The third-order valence-electron chi connectivity index (χ3n) is 6.74. The minimum absolute atomic E-state index is 0.0801. The summed E-state index contributed by atoms with van der Waals surface area (Å²) in [5, 5.41) is 9.82.